The first kappa shape index (κ1) is 16.9. The molecule has 0 fully saturated rings. The second-order valence-electron chi connectivity index (χ2n) is 7.18. The molecule has 4 aromatic rings. The Bertz CT molecular complexity index is 1110. The van der Waals surface area contributed by atoms with Crippen LogP contribution in [0.25, 0.3) is 22.7 Å². The Labute approximate surface area is 162 Å². The van der Waals surface area contributed by atoms with E-state index in [0.29, 0.717) is 5.89 Å². The van der Waals surface area contributed by atoms with E-state index in [1.165, 1.54) is 0 Å². The first-order valence-electron chi connectivity index (χ1n) is 9.52. The molecule has 3 nitrogen and oxygen atoms in total. The first-order valence-corrected chi connectivity index (χ1v) is 9.52. The molecule has 2 aromatic heterocycles. The van der Waals surface area contributed by atoms with Crippen LogP contribution in [0, 0.1) is 5.82 Å². The molecule has 1 atom stereocenters. The number of oxazole rings is 1. The summed E-state index contributed by atoms with van der Waals surface area (Å²) in [6, 6.07) is 21.0. The molecule has 0 radical (unpaired) electrons. The molecule has 1 aliphatic rings. The van der Waals surface area contributed by atoms with Gasteiger partial charge in [-0.25, -0.2) is 9.37 Å². The predicted octanol–water partition coefficient (Wildman–Crippen LogP) is 5.82. The number of pyridine rings is 1. The number of benzene rings is 2. The van der Waals surface area contributed by atoms with Gasteiger partial charge in [0.15, 0.2) is 0 Å². The van der Waals surface area contributed by atoms with Gasteiger partial charge in [-0.2, -0.15) is 0 Å². The molecule has 0 saturated carbocycles. The van der Waals surface area contributed by atoms with Crippen LogP contribution in [0.5, 0.6) is 0 Å². The molecule has 1 unspecified atom stereocenters. The average molecular weight is 370 g/mol. The molecule has 0 amide bonds. The van der Waals surface area contributed by atoms with Gasteiger partial charge in [0.2, 0.25) is 5.89 Å². The zero-order valence-corrected chi connectivity index (χ0v) is 15.3. The van der Waals surface area contributed by atoms with Crippen LogP contribution >= 0.6 is 0 Å². The van der Waals surface area contributed by atoms with Crippen molar-refractivity contribution in [2.45, 2.75) is 25.2 Å². The summed E-state index contributed by atoms with van der Waals surface area (Å²) < 4.78 is 20.4. The number of nitrogens with zero attached hydrogens (tertiary/aromatic N) is 2. The largest absolute Gasteiger partial charge is 0.440 e. The van der Waals surface area contributed by atoms with E-state index in [9.17, 15) is 4.39 Å². The molecule has 2 heterocycles. The van der Waals surface area contributed by atoms with Crippen LogP contribution in [0.4, 0.5) is 4.39 Å². The van der Waals surface area contributed by atoms with Crippen molar-refractivity contribution < 1.29 is 8.81 Å². The van der Waals surface area contributed by atoms with Crippen LogP contribution < -0.4 is 0 Å². The lowest BCUT2D eigenvalue weighted by molar-refractivity contribution is 0.456. The molecular formula is C24H19FN2O. The minimum Gasteiger partial charge on any atom is -0.440 e. The highest BCUT2D eigenvalue weighted by atomic mass is 19.1. The Balaban J connectivity index is 1.45. The Kier molecular flexibility index (Phi) is 4.24. The van der Waals surface area contributed by atoms with Crippen LogP contribution in [-0.2, 0) is 12.8 Å². The number of halogens is 1. The smallest absolute Gasteiger partial charge is 0.245 e. The normalized spacial score (nSPS) is 16.0. The summed E-state index contributed by atoms with van der Waals surface area (Å²) in [4.78, 5) is 8.95. The highest BCUT2D eigenvalue weighted by Gasteiger charge is 2.26. The van der Waals surface area contributed by atoms with Crippen molar-refractivity contribution in [2.75, 3.05) is 0 Å². The van der Waals surface area contributed by atoms with Crippen LogP contribution in [0.3, 0.4) is 0 Å². The Morgan fingerprint density at radius 2 is 1.79 bits per heavy atom. The lowest BCUT2D eigenvalue weighted by Crippen LogP contribution is -2.12. The second kappa shape index (κ2) is 7.04. The molecule has 5 rings (SSSR count). The number of aromatic nitrogens is 2. The number of hydrogen-bond donors (Lipinski definition) is 0. The summed E-state index contributed by atoms with van der Waals surface area (Å²) in [5, 5.41) is 0. The van der Waals surface area contributed by atoms with E-state index in [1.807, 2.05) is 48.5 Å². The number of aryl methyl sites for hydroxylation is 1. The van der Waals surface area contributed by atoms with Gasteiger partial charge in [0.25, 0.3) is 0 Å². The van der Waals surface area contributed by atoms with E-state index in [2.05, 4.69) is 16.0 Å². The van der Waals surface area contributed by atoms with Crippen molar-refractivity contribution in [1.82, 2.24) is 9.97 Å². The van der Waals surface area contributed by atoms with E-state index in [1.54, 1.807) is 18.3 Å². The van der Waals surface area contributed by atoms with Crippen LogP contribution in [0.1, 0.15) is 29.4 Å². The van der Waals surface area contributed by atoms with E-state index < -0.39 is 0 Å². The third-order valence-electron chi connectivity index (χ3n) is 5.32. The van der Waals surface area contributed by atoms with Crippen molar-refractivity contribution in [3.63, 3.8) is 0 Å². The molecule has 2 aromatic carbocycles. The highest BCUT2D eigenvalue weighted by molar-refractivity contribution is 5.64. The van der Waals surface area contributed by atoms with E-state index >= 15 is 0 Å². The van der Waals surface area contributed by atoms with E-state index in [4.69, 9.17) is 4.42 Å². The van der Waals surface area contributed by atoms with Gasteiger partial charge in [0.05, 0.1) is 5.69 Å². The molecule has 1 aliphatic carbocycles. The van der Waals surface area contributed by atoms with E-state index in [0.717, 1.165) is 53.1 Å². The maximum atomic E-state index is 14.3. The topological polar surface area (TPSA) is 38.9 Å². The highest BCUT2D eigenvalue weighted by Crippen LogP contribution is 2.36. The van der Waals surface area contributed by atoms with Crippen LogP contribution in [-0.4, -0.2) is 9.97 Å². The third-order valence-corrected chi connectivity index (χ3v) is 5.32. The SMILES string of the molecule is Fc1cc(-c2ccccc2)cc(C2CCc3nc(-c4ccccn4)oc3C2)c1. The van der Waals surface area contributed by atoms with Crippen molar-refractivity contribution in [3.8, 4) is 22.7 Å². The van der Waals surface area contributed by atoms with Gasteiger partial charge in [0.1, 0.15) is 17.3 Å². The van der Waals surface area contributed by atoms with Gasteiger partial charge in [0, 0.05) is 12.6 Å². The average Bonchev–Trinajstić information content (AvgIpc) is 3.18. The lowest BCUT2D eigenvalue weighted by Gasteiger charge is -2.21. The molecule has 138 valence electrons. The Morgan fingerprint density at radius 1 is 0.929 bits per heavy atom. The fraction of sp³-hybridized carbons (Fsp3) is 0.167. The van der Waals surface area contributed by atoms with Gasteiger partial charge in [-0.05, 0) is 59.7 Å². The zero-order valence-electron chi connectivity index (χ0n) is 15.3. The van der Waals surface area contributed by atoms with Crippen molar-refractivity contribution in [3.05, 3.63) is 95.8 Å². The minimum atomic E-state index is -0.200. The Morgan fingerprint density at radius 3 is 2.61 bits per heavy atom. The van der Waals surface area contributed by atoms with Crippen molar-refractivity contribution >= 4 is 0 Å². The summed E-state index contributed by atoms with van der Waals surface area (Å²) in [5.41, 5.74) is 4.69. The molecule has 0 spiro atoms. The third kappa shape index (κ3) is 3.22. The minimum absolute atomic E-state index is 0.200. The maximum Gasteiger partial charge on any atom is 0.245 e. The number of fused-ring (bicyclic) bond motifs is 1. The standard InChI is InChI=1S/C24H19FN2O/c25-20-13-18(16-6-2-1-3-7-16)12-19(14-20)17-9-10-21-23(15-17)28-24(27-21)22-8-4-5-11-26-22/h1-8,11-14,17H,9-10,15H2. The van der Waals surface area contributed by atoms with E-state index in [-0.39, 0.29) is 11.7 Å². The predicted molar refractivity (Wildman–Crippen MR) is 106 cm³/mol. The van der Waals surface area contributed by atoms with Gasteiger partial charge in [-0.1, -0.05) is 42.5 Å². The second-order valence-corrected chi connectivity index (χ2v) is 7.18. The molecular weight excluding hydrogens is 351 g/mol. The molecule has 0 bridgehead atoms. The number of hydrogen-bond acceptors (Lipinski definition) is 3. The van der Waals surface area contributed by atoms with Crippen molar-refractivity contribution in [1.29, 1.82) is 0 Å². The molecule has 0 aliphatic heterocycles. The van der Waals surface area contributed by atoms with Gasteiger partial charge < -0.3 is 4.42 Å². The van der Waals surface area contributed by atoms with Gasteiger partial charge >= 0.3 is 0 Å². The summed E-state index contributed by atoms with van der Waals surface area (Å²) in [6.45, 7) is 0. The number of rotatable bonds is 3. The van der Waals surface area contributed by atoms with Crippen molar-refractivity contribution in [2.24, 2.45) is 0 Å². The summed E-state index contributed by atoms with van der Waals surface area (Å²) in [7, 11) is 0. The molecule has 4 heteroatoms. The molecule has 0 N–H and O–H groups in total. The van der Waals surface area contributed by atoms with Gasteiger partial charge in [-0.15, -0.1) is 0 Å². The summed E-state index contributed by atoms with van der Waals surface area (Å²) >= 11 is 0. The van der Waals surface area contributed by atoms with Crippen LogP contribution in [0.2, 0.25) is 0 Å². The molecule has 28 heavy (non-hydrogen) atoms. The quantitative estimate of drug-likeness (QED) is 0.456. The van der Waals surface area contributed by atoms with Crippen LogP contribution in [0.15, 0.2) is 77.3 Å². The first-order chi connectivity index (χ1) is 13.8. The van der Waals surface area contributed by atoms with Gasteiger partial charge in [-0.3, -0.25) is 4.98 Å². The summed E-state index contributed by atoms with van der Waals surface area (Å²) in [5.74, 6) is 1.47. The fourth-order valence-corrected chi connectivity index (χ4v) is 3.90. The molecule has 0 saturated heterocycles. The lowest BCUT2D eigenvalue weighted by atomic mass is 9.84. The Hall–Kier alpha value is -3.27. The zero-order chi connectivity index (χ0) is 18.9. The fourth-order valence-electron chi connectivity index (χ4n) is 3.90. The summed E-state index contributed by atoms with van der Waals surface area (Å²) in [6.07, 6.45) is 4.22. The maximum absolute atomic E-state index is 14.3. The monoisotopic (exact) mass is 370 g/mol.